The largest absolute Gasteiger partial charge is 0.475 e. The van der Waals surface area contributed by atoms with E-state index in [-0.39, 0.29) is 37.3 Å². The van der Waals surface area contributed by atoms with Gasteiger partial charge in [-0.2, -0.15) is 5.10 Å². The zero-order valence-electron chi connectivity index (χ0n) is 28.4. The van der Waals surface area contributed by atoms with Gasteiger partial charge in [0, 0.05) is 17.5 Å². The van der Waals surface area contributed by atoms with Crippen molar-refractivity contribution in [2.45, 2.75) is 64.5 Å². The molecule has 0 bridgehead atoms. The molecule has 0 aliphatic carbocycles. The summed E-state index contributed by atoms with van der Waals surface area (Å²) in [6.45, 7) is 5.24. The zero-order valence-corrected chi connectivity index (χ0v) is 30.8. The fourth-order valence-corrected chi connectivity index (χ4v) is 8.40. The third-order valence-corrected chi connectivity index (χ3v) is 11.1. The van der Waals surface area contributed by atoms with Gasteiger partial charge in [-0.3, -0.25) is 23.0 Å². The highest BCUT2D eigenvalue weighted by molar-refractivity contribution is 7.48. The number of halogens is 2. The van der Waals surface area contributed by atoms with Crippen LogP contribution in [0.2, 0.25) is 10.2 Å². The van der Waals surface area contributed by atoms with Gasteiger partial charge in [0.15, 0.2) is 5.15 Å². The monoisotopic (exact) mass is 735 g/mol. The standard InChI is InChI=1S/C38H40Cl2N3O6P/c1-25-29-16-11-17-32(38(2,3)45)30(29)20-28(43(25)35(44)21-31-33(39)18-19-34-36(31)37(40)41-42(34)4)24-49-50(46,47-22-26-12-7-5-8-13-26)48-23-27-14-9-6-10-15-27/h5-19,25,28,45H,20-24H2,1-4H3/t25-,28+/m0/s1. The number of nitrogens with zero attached hydrogens (tertiary/aromatic N) is 3. The molecule has 0 fully saturated rings. The molecular formula is C38H40Cl2N3O6P. The summed E-state index contributed by atoms with van der Waals surface area (Å²) in [5.74, 6) is -0.232. The predicted molar refractivity (Wildman–Crippen MR) is 195 cm³/mol. The molecule has 1 aliphatic rings. The van der Waals surface area contributed by atoms with Crippen LogP contribution in [0.25, 0.3) is 10.9 Å². The van der Waals surface area contributed by atoms with Crippen molar-refractivity contribution in [1.82, 2.24) is 14.7 Å². The average Bonchev–Trinajstić information content (AvgIpc) is 3.39. The molecule has 0 radical (unpaired) electrons. The van der Waals surface area contributed by atoms with Crippen molar-refractivity contribution < 1.29 is 28.0 Å². The summed E-state index contributed by atoms with van der Waals surface area (Å²) in [4.78, 5) is 16.2. The van der Waals surface area contributed by atoms with Crippen molar-refractivity contribution in [2.24, 2.45) is 7.05 Å². The van der Waals surface area contributed by atoms with E-state index in [0.29, 0.717) is 22.4 Å². The molecule has 1 N–H and O–H groups in total. The quantitative estimate of drug-likeness (QED) is 0.128. The number of fused-ring (bicyclic) bond motifs is 2. The van der Waals surface area contributed by atoms with Crippen LogP contribution >= 0.6 is 31.0 Å². The summed E-state index contributed by atoms with van der Waals surface area (Å²) in [5.41, 5.74) is 4.33. The van der Waals surface area contributed by atoms with Gasteiger partial charge in [-0.15, -0.1) is 0 Å². The molecule has 262 valence electrons. The molecule has 0 spiro atoms. The maximum atomic E-state index is 14.5. The normalized spacial score (nSPS) is 16.5. The van der Waals surface area contributed by atoms with Crippen LogP contribution in [0.5, 0.6) is 0 Å². The number of phosphoric acid groups is 1. The topological polar surface area (TPSA) is 103 Å². The van der Waals surface area contributed by atoms with E-state index < -0.39 is 25.5 Å². The number of aliphatic hydroxyl groups is 1. The van der Waals surface area contributed by atoms with Gasteiger partial charge >= 0.3 is 7.82 Å². The van der Waals surface area contributed by atoms with E-state index in [9.17, 15) is 14.5 Å². The molecule has 1 aromatic heterocycles. The highest BCUT2D eigenvalue weighted by Crippen LogP contribution is 2.52. The Morgan fingerprint density at radius 1 is 0.920 bits per heavy atom. The second-order valence-electron chi connectivity index (χ2n) is 13.0. The van der Waals surface area contributed by atoms with Gasteiger partial charge in [0.1, 0.15) is 0 Å². The van der Waals surface area contributed by atoms with E-state index in [0.717, 1.165) is 33.3 Å². The van der Waals surface area contributed by atoms with E-state index in [1.54, 1.807) is 36.5 Å². The number of carbonyl (C=O) groups excluding carboxylic acids is 1. The van der Waals surface area contributed by atoms with Gasteiger partial charge in [0.05, 0.1) is 49.4 Å². The maximum absolute atomic E-state index is 14.5. The van der Waals surface area contributed by atoms with Crippen molar-refractivity contribution in [3.63, 3.8) is 0 Å². The van der Waals surface area contributed by atoms with E-state index in [4.69, 9.17) is 36.8 Å². The van der Waals surface area contributed by atoms with Crippen molar-refractivity contribution in [2.75, 3.05) is 6.61 Å². The molecule has 6 rings (SSSR count). The van der Waals surface area contributed by atoms with Crippen LogP contribution in [0.1, 0.15) is 60.2 Å². The first-order valence-corrected chi connectivity index (χ1v) is 18.6. The number of amides is 1. The molecular weight excluding hydrogens is 696 g/mol. The third-order valence-electron chi connectivity index (χ3n) is 9.10. The van der Waals surface area contributed by atoms with Crippen LogP contribution < -0.4 is 0 Å². The van der Waals surface area contributed by atoms with Gasteiger partial charge < -0.3 is 10.0 Å². The van der Waals surface area contributed by atoms with Crippen LogP contribution in [-0.2, 0) is 61.6 Å². The van der Waals surface area contributed by atoms with Gasteiger partial charge in [0.2, 0.25) is 5.91 Å². The lowest BCUT2D eigenvalue weighted by Gasteiger charge is -2.43. The third kappa shape index (κ3) is 7.85. The smallest absolute Gasteiger partial charge is 0.386 e. The average molecular weight is 737 g/mol. The molecule has 0 saturated carbocycles. The Morgan fingerprint density at radius 2 is 1.54 bits per heavy atom. The first-order chi connectivity index (χ1) is 23.8. The fraction of sp³-hybridized carbons (Fsp3) is 0.316. The summed E-state index contributed by atoms with van der Waals surface area (Å²) in [6, 6.07) is 26.9. The lowest BCUT2D eigenvalue weighted by atomic mass is 9.81. The van der Waals surface area contributed by atoms with Crippen molar-refractivity contribution >= 4 is 47.8 Å². The van der Waals surface area contributed by atoms with E-state index in [1.807, 2.05) is 91.9 Å². The summed E-state index contributed by atoms with van der Waals surface area (Å²) < 4.78 is 33.9. The number of aromatic nitrogens is 2. The van der Waals surface area contributed by atoms with Crippen molar-refractivity contribution in [3.05, 3.63) is 135 Å². The highest BCUT2D eigenvalue weighted by atomic mass is 35.5. The lowest BCUT2D eigenvalue weighted by molar-refractivity contribution is -0.137. The van der Waals surface area contributed by atoms with E-state index in [1.165, 1.54) is 0 Å². The number of hydrogen-bond acceptors (Lipinski definition) is 7. The number of carbonyl (C=O) groups is 1. The minimum atomic E-state index is -4.17. The minimum Gasteiger partial charge on any atom is -0.386 e. The van der Waals surface area contributed by atoms with Crippen LogP contribution in [0.15, 0.2) is 91.0 Å². The maximum Gasteiger partial charge on any atom is 0.475 e. The first kappa shape index (κ1) is 36.3. The molecule has 2 atom stereocenters. The van der Waals surface area contributed by atoms with Crippen LogP contribution in [0, 0.1) is 0 Å². The Bertz CT molecular complexity index is 1990. The van der Waals surface area contributed by atoms with Gasteiger partial charge in [-0.05, 0) is 72.7 Å². The Morgan fingerprint density at radius 3 is 2.14 bits per heavy atom. The summed E-state index contributed by atoms with van der Waals surface area (Å²) in [6.07, 6.45) is 0.268. The summed E-state index contributed by atoms with van der Waals surface area (Å²) >= 11 is 13.2. The zero-order chi connectivity index (χ0) is 35.6. The van der Waals surface area contributed by atoms with Crippen LogP contribution in [0.4, 0.5) is 0 Å². The Kier molecular flexibility index (Phi) is 10.9. The molecule has 50 heavy (non-hydrogen) atoms. The molecule has 0 unspecified atom stereocenters. The van der Waals surface area contributed by atoms with Crippen LogP contribution in [-0.4, -0.2) is 38.3 Å². The molecule has 1 aliphatic heterocycles. The molecule has 2 heterocycles. The van der Waals surface area contributed by atoms with Gasteiger partial charge in [-0.1, -0.05) is 102 Å². The first-order valence-electron chi connectivity index (χ1n) is 16.4. The summed E-state index contributed by atoms with van der Waals surface area (Å²) in [7, 11) is -2.39. The highest BCUT2D eigenvalue weighted by Gasteiger charge is 2.40. The number of hydrogen-bond donors (Lipinski definition) is 1. The number of phosphoric ester groups is 1. The molecule has 5 aromatic rings. The molecule has 1 amide bonds. The number of aryl methyl sites for hydroxylation is 1. The SMILES string of the molecule is C[C@H]1c2cccc(C(C)(C)O)c2C[C@H](COP(=O)(OCc2ccccc2)OCc2ccccc2)N1C(=O)Cc1c(Cl)ccc2c1c(Cl)nn2C. The Hall–Kier alpha value is -3.53. The number of rotatable bonds is 12. The van der Waals surface area contributed by atoms with Crippen LogP contribution in [0.3, 0.4) is 0 Å². The van der Waals surface area contributed by atoms with Gasteiger partial charge in [-0.25, -0.2) is 4.57 Å². The second-order valence-corrected chi connectivity index (χ2v) is 15.5. The summed E-state index contributed by atoms with van der Waals surface area (Å²) in [5, 5.41) is 16.7. The van der Waals surface area contributed by atoms with Crippen molar-refractivity contribution in [1.29, 1.82) is 0 Å². The fourth-order valence-electron chi connectivity index (χ4n) is 6.66. The minimum absolute atomic E-state index is 0.00329. The van der Waals surface area contributed by atoms with Gasteiger partial charge in [0.25, 0.3) is 0 Å². The molecule has 12 heteroatoms. The van der Waals surface area contributed by atoms with E-state index in [2.05, 4.69) is 5.10 Å². The second kappa shape index (κ2) is 15.0. The predicted octanol–water partition coefficient (Wildman–Crippen LogP) is 8.72. The Balaban J connectivity index is 1.34. The molecule has 0 saturated heterocycles. The molecule has 9 nitrogen and oxygen atoms in total. The molecule has 4 aromatic carbocycles. The van der Waals surface area contributed by atoms with Crippen molar-refractivity contribution in [3.8, 4) is 0 Å². The lowest BCUT2D eigenvalue weighted by Crippen LogP contribution is -2.49. The Labute approximate surface area is 302 Å². The van der Waals surface area contributed by atoms with E-state index >= 15 is 0 Å². The number of benzene rings is 4.